The van der Waals surface area contributed by atoms with E-state index in [1.807, 2.05) is 0 Å². The average molecular weight is 311 g/mol. The molecule has 0 aliphatic rings. The summed E-state index contributed by atoms with van der Waals surface area (Å²) in [7, 11) is -4.22. The summed E-state index contributed by atoms with van der Waals surface area (Å²) in [5.74, 6) is 0. The molecule has 0 rings (SSSR count). The average Bonchev–Trinajstić information content (AvgIpc) is 2.17. The van der Waals surface area contributed by atoms with Crippen LogP contribution in [0.2, 0.25) is 51.4 Å². The molecule has 0 aliphatic carbocycles. The Morgan fingerprint density at radius 3 is 1.39 bits per heavy atom. The van der Waals surface area contributed by atoms with Gasteiger partial charge >= 0.3 is 8.25 Å². The van der Waals surface area contributed by atoms with Gasteiger partial charge in [0.25, 0.3) is 0 Å². The molecule has 0 N–H and O–H groups in total. The van der Waals surface area contributed by atoms with Crippen molar-refractivity contribution < 1.29 is 13.6 Å². The van der Waals surface area contributed by atoms with Gasteiger partial charge in [-0.2, -0.15) is 0 Å². The number of rotatable bonds is 10. The maximum Gasteiger partial charge on any atom is 0.319 e. The van der Waals surface area contributed by atoms with Crippen molar-refractivity contribution in [3.05, 3.63) is 0 Å². The highest BCUT2D eigenvalue weighted by molar-refractivity contribution is 7.33. The zero-order valence-corrected chi connectivity index (χ0v) is 16.0. The topological polar surface area (TPSA) is 35.5 Å². The minimum atomic E-state index is -2.24. The van der Waals surface area contributed by atoms with Crippen molar-refractivity contribution in [1.82, 2.24) is 0 Å². The van der Waals surface area contributed by atoms with Crippen LogP contribution in [0.25, 0.3) is 0 Å². The van der Waals surface area contributed by atoms with Crippen LogP contribution in [0.1, 0.15) is 12.8 Å². The van der Waals surface area contributed by atoms with E-state index in [2.05, 4.69) is 39.3 Å². The number of hydrogen-bond donors (Lipinski definition) is 0. The van der Waals surface area contributed by atoms with Gasteiger partial charge in [-0.15, -0.1) is 0 Å². The summed E-state index contributed by atoms with van der Waals surface area (Å²) in [6, 6.07) is 2.44. The molecule has 0 amide bonds. The Kier molecular flexibility index (Phi) is 8.98. The van der Waals surface area contributed by atoms with Crippen LogP contribution in [-0.2, 0) is 13.6 Å². The first-order chi connectivity index (χ1) is 8.10. The monoisotopic (exact) mass is 310 g/mol. The van der Waals surface area contributed by atoms with Crippen molar-refractivity contribution in [2.75, 3.05) is 13.2 Å². The molecule has 0 fully saturated rings. The highest BCUT2D eigenvalue weighted by Gasteiger charge is 2.13. The van der Waals surface area contributed by atoms with E-state index >= 15 is 0 Å². The lowest BCUT2D eigenvalue weighted by atomic mass is 10.5. The second kappa shape index (κ2) is 8.69. The molecule has 0 heterocycles. The van der Waals surface area contributed by atoms with Crippen molar-refractivity contribution in [3.63, 3.8) is 0 Å². The Bertz CT molecular complexity index is 223. The predicted octanol–water partition coefficient (Wildman–Crippen LogP) is 4.87. The quantitative estimate of drug-likeness (QED) is 0.328. The predicted molar refractivity (Wildman–Crippen MR) is 86.4 cm³/mol. The summed E-state index contributed by atoms with van der Waals surface area (Å²) in [6.07, 6.45) is 2.01. The molecule has 6 heteroatoms. The molecule has 3 nitrogen and oxygen atoms in total. The zero-order valence-electron chi connectivity index (χ0n) is 13.0. The lowest BCUT2D eigenvalue weighted by Crippen LogP contribution is -2.19. The zero-order chi connectivity index (χ0) is 14.2. The fraction of sp³-hybridized carbons (Fsp3) is 1.00. The molecule has 0 aromatic rings. The van der Waals surface area contributed by atoms with Crippen molar-refractivity contribution in [3.8, 4) is 0 Å². The van der Waals surface area contributed by atoms with Crippen LogP contribution < -0.4 is 0 Å². The van der Waals surface area contributed by atoms with Crippen molar-refractivity contribution in [2.45, 2.75) is 64.2 Å². The lowest BCUT2D eigenvalue weighted by molar-refractivity contribution is 0.226. The fourth-order valence-electron chi connectivity index (χ4n) is 1.56. The standard InChI is InChI=1S/C12H31O3PSi2/c1-17(2,3)11-7-9-14-16(13)15-10-8-12-18(4,5)6/h16H,7-12H2,1-6H3. The molecular formula is C12H31O3PSi2. The second-order valence-electron chi connectivity index (χ2n) is 7.28. The van der Waals surface area contributed by atoms with Crippen LogP contribution in [0.3, 0.4) is 0 Å². The van der Waals surface area contributed by atoms with Crippen LogP contribution >= 0.6 is 8.25 Å². The van der Waals surface area contributed by atoms with Gasteiger partial charge in [0.1, 0.15) is 0 Å². The van der Waals surface area contributed by atoms with Crippen LogP contribution in [0.4, 0.5) is 0 Å². The first-order valence-electron chi connectivity index (χ1n) is 6.90. The van der Waals surface area contributed by atoms with Gasteiger partial charge in [0, 0.05) is 16.1 Å². The molecule has 0 unspecified atom stereocenters. The van der Waals surface area contributed by atoms with E-state index in [-0.39, 0.29) is 0 Å². The van der Waals surface area contributed by atoms with Crippen LogP contribution in [0.5, 0.6) is 0 Å². The molecule has 0 saturated heterocycles. The molecule has 0 radical (unpaired) electrons. The minimum Gasteiger partial charge on any atom is -0.311 e. The third-order valence-corrected chi connectivity index (χ3v) is 7.17. The van der Waals surface area contributed by atoms with E-state index in [1.54, 1.807) is 0 Å². The molecular weight excluding hydrogens is 279 g/mol. The van der Waals surface area contributed by atoms with E-state index in [0.717, 1.165) is 12.8 Å². The number of hydrogen-bond acceptors (Lipinski definition) is 3. The Labute approximate surface area is 116 Å². The lowest BCUT2D eigenvalue weighted by Gasteiger charge is -2.16. The van der Waals surface area contributed by atoms with Gasteiger partial charge in [-0.3, -0.25) is 4.57 Å². The van der Waals surface area contributed by atoms with Gasteiger partial charge in [-0.25, -0.2) is 0 Å². The fourth-order valence-corrected chi connectivity index (χ4v) is 4.67. The van der Waals surface area contributed by atoms with Crippen molar-refractivity contribution >= 4 is 24.4 Å². The summed E-state index contributed by atoms with van der Waals surface area (Å²) >= 11 is 0. The normalized spacial score (nSPS) is 13.3. The molecule has 110 valence electrons. The summed E-state index contributed by atoms with van der Waals surface area (Å²) in [5, 5.41) is 0. The largest absolute Gasteiger partial charge is 0.319 e. The third-order valence-electron chi connectivity index (χ3n) is 2.58. The highest BCUT2D eigenvalue weighted by Crippen LogP contribution is 2.25. The Balaban J connectivity index is 3.44. The van der Waals surface area contributed by atoms with Crippen LogP contribution in [0, 0.1) is 0 Å². The molecule has 0 saturated carbocycles. The highest BCUT2D eigenvalue weighted by atomic mass is 31.1. The van der Waals surface area contributed by atoms with Gasteiger partial charge in [-0.05, 0) is 12.8 Å². The summed E-state index contributed by atoms with van der Waals surface area (Å²) in [4.78, 5) is 0. The first kappa shape index (κ1) is 18.6. The van der Waals surface area contributed by atoms with Crippen LogP contribution in [0.15, 0.2) is 0 Å². The minimum absolute atomic E-state index is 0.579. The molecule has 0 bridgehead atoms. The van der Waals surface area contributed by atoms with E-state index in [1.165, 1.54) is 12.1 Å². The SMILES string of the molecule is C[Si](C)(C)CCCO[PH](=O)OCCC[Si](C)(C)C. The van der Waals surface area contributed by atoms with Gasteiger partial charge in [-0.1, -0.05) is 51.4 Å². The summed E-state index contributed by atoms with van der Waals surface area (Å²) < 4.78 is 21.9. The van der Waals surface area contributed by atoms with E-state index in [9.17, 15) is 4.57 Å². The van der Waals surface area contributed by atoms with Gasteiger partial charge in [0.15, 0.2) is 0 Å². The summed E-state index contributed by atoms with van der Waals surface area (Å²) in [5.41, 5.74) is 0. The van der Waals surface area contributed by atoms with E-state index in [0.29, 0.717) is 13.2 Å². The third kappa shape index (κ3) is 14.6. The van der Waals surface area contributed by atoms with E-state index < -0.39 is 24.4 Å². The van der Waals surface area contributed by atoms with Gasteiger partial charge in [0.05, 0.1) is 13.2 Å². The first-order valence-corrected chi connectivity index (χ1v) is 15.5. The maximum atomic E-state index is 11.5. The van der Waals surface area contributed by atoms with Crippen molar-refractivity contribution in [1.29, 1.82) is 0 Å². The van der Waals surface area contributed by atoms with Gasteiger partial charge in [0.2, 0.25) is 0 Å². The molecule has 0 aliphatic heterocycles. The Morgan fingerprint density at radius 1 is 0.778 bits per heavy atom. The molecule has 0 aromatic heterocycles. The van der Waals surface area contributed by atoms with Crippen molar-refractivity contribution in [2.24, 2.45) is 0 Å². The maximum absolute atomic E-state index is 11.5. The van der Waals surface area contributed by atoms with E-state index in [4.69, 9.17) is 9.05 Å². The molecule has 0 spiro atoms. The summed E-state index contributed by atoms with van der Waals surface area (Å²) in [6.45, 7) is 15.2. The van der Waals surface area contributed by atoms with Crippen LogP contribution in [-0.4, -0.2) is 29.4 Å². The molecule has 0 atom stereocenters. The Morgan fingerprint density at radius 2 is 1.11 bits per heavy atom. The Hall–Kier alpha value is 0.584. The van der Waals surface area contributed by atoms with Gasteiger partial charge < -0.3 is 9.05 Å². The second-order valence-corrected chi connectivity index (χ2v) is 19.6. The smallest absolute Gasteiger partial charge is 0.311 e. The molecule has 18 heavy (non-hydrogen) atoms. The molecule has 0 aromatic carbocycles.